The van der Waals surface area contributed by atoms with E-state index in [2.05, 4.69) is 219 Å². The SMILES string of the molecule is Cc1ccc(-c2ccc3c4ccc(-c5ccc(C)cc5)cc4n(-c4cc(C#N)cc(-n5c6cc(-c7ccc(C)cc7)ccc6c6ccc(-c7ccc(C)cc7)cc65)c4-c4ccc(C(F)(F)F)cc4C#N)c3c2)cc1. The molecule has 12 rings (SSSR count). The zero-order valence-corrected chi connectivity index (χ0v) is 41.0. The topological polar surface area (TPSA) is 57.4 Å². The highest BCUT2D eigenvalue weighted by Crippen LogP contribution is 2.47. The maximum Gasteiger partial charge on any atom is 0.416 e. The number of nitrogens with zero attached hydrogens (tertiary/aromatic N) is 4. The van der Waals surface area contributed by atoms with E-state index >= 15 is 0 Å². The third kappa shape index (κ3) is 7.87. The van der Waals surface area contributed by atoms with Crippen molar-refractivity contribution in [1.29, 1.82) is 10.5 Å². The molecule has 0 fully saturated rings. The monoisotopic (exact) mass is 962 g/mol. The van der Waals surface area contributed by atoms with Gasteiger partial charge in [-0.05, 0) is 121 Å². The second-order valence-corrected chi connectivity index (χ2v) is 19.4. The van der Waals surface area contributed by atoms with E-state index in [1.165, 1.54) is 6.07 Å². The van der Waals surface area contributed by atoms with Crippen molar-refractivity contribution in [2.45, 2.75) is 33.9 Å². The first-order valence-corrected chi connectivity index (χ1v) is 24.5. The summed E-state index contributed by atoms with van der Waals surface area (Å²) in [5.74, 6) is 0. The number of rotatable bonds is 7. The van der Waals surface area contributed by atoms with E-state index in [4.69, 9.17) is 0 Å². The number of halogens is 3. The number of alkyl halides is 3. The van der Waals surface area contributed by atoms with Crippen LogP contribution in [0.3, 0.4) is 0 Å². The number of nitriles is 2. The lowest BCUT2D eigenvalue weighted by Crippen LogP contribution is -2.08. The van der Waals surface area contributed by atoms with Crippen LogP contribution in [0.5, 0.6) is 0 Å². The van der Waals surface area contributed by atoms with Crippen LogP contribution < -0.4 is 0 Å². The molecule has 4 nitrogen and oxygen atoms in total. The minimum Gasteiger partial charge on any atom is -0.308 e. The molecule has 0 saturated carbocycles. The zero-order valence-electron chi connectivity index (χ0n) is 41.0. The summed E-state index contributed by atoms with van der Waals surface area (Å²) in [6.07, 6.45) is -4.71. The zero-order chi connectivity index (χ0) is 51.0. The Morgan fingerprint density at radius 3 is 0.946 bits per heavy atom. The van der Waals surface area contributed by atoms with Gasteiger partial charge in [-0.25, -0.2) is 0 Å². The Morgan fingerprint density at radius 2 is 0.662 bits per heavy atom. The normalized spacial score (nSPS) is 11.7. The number of aromatic nitrogens is 2. The summed E-state index contributed by atoms with van der Waals surface area (Å²) in [5, 5.41) is 26.0. The van der Waals surface area contributed by atoms with E-state index < -0.39 is 11.7 Å². The Balaban J connectivity index is 1.27. The van der Waals surface area contributed by atoms with Crippen LogP contribution >= 0.6 is 0 Å². The molecule has 2 aromatic heterocycles. The average molecular weight is 963 g/mol. The van der Waals surface area contributed by atoms with Crippen LogP contribution in [0.25, 0.3) is 111 Å². The number of hydrogen-bond acceptors (Lipinski definition) is 2. The fourth-order valence-electron chi connectivity index (χ4n) is 10.6. The van der Waals surface area contributed by atoms with Gasteiger partial charge in [0.15, 0.2) is 0 Å². The lowest BCUT2D eigenvalue weighted by atomic mass is 9.93. The largest absolute Gasteiger partial charge is 0.416 e. The summed E-state index contributed by atoms with van der Waals surface area (Å²) >= 11 is 0. The molecular weight excluding hydrogens is 918 g/mol. The molecule has 2 heterocycles. The third-order valence-electron chi connectivity index (χ3n) is 14.5. The van der Waals surface area contributed by atoms with Crippen LogP contribution in [-0.2, 0) is 6.18 Å². The molecule has 74 heavy (non-hydrogen) atoms. The van der Waals surface area contributed by atoms with Gasteiger partial charge in [0.25, 0.3) is 0 Å². The van der Waals surface area contributed by atoms with Gasteiger partial charge in [0.2, 0.25) is 0 Å². The van der Waals surface area contributed by atoms with Gasteiger partial charge in [-0.3, -0.25) is 0 Å². The fraction of sp³-hybridized carbons (Fsp3) is 0.0746. The molecule has 7 heteroatoms. The van der Waals surface area contributed by atoms with E-state index in [0.717, 1.165) is 123 Å². The van der Waals surface area contributed by atoms with Crippen LogP contribution in [0.4, 0.5) is 13.2 Å². The molecule has 0 amide bonds. The molecule has 0 aliphatic heterocycles. The maximum absolute atomic E-state index is 14.7. The van der Waals surface area contributed by atoms with Gasteiger partial charge in [0, 0.05) is 32.7 Å². The first kappa shape index (κ1) is 45.7. The van der Waals surface area contributed by atoms with Crippen LogP contribution in [0.2, 0.25) is 0 Å². The lowest BCUT2D eigenvalue weighted by Gasteiger charge is -2.22. The van der Waals surface area contributed by atoms with Crippen molar-refractivity contribution in [2.24, 2.45) is 0 Å². The summed E-state index contributed by atoms with van der Waals surface area (Å²) in [6, 6.07) is 70.7. The van der Waals surface area contributed by atoms with Crippen molar-refractivity contribution in [2.75, 3.05) is 0 Å². The summed E-state index contributed by atoms with van der Waals surface area (Å²) in [7, 11) is 0. The Kier molecular flexibility index (Phi) is 10.9. The second-order valence-electron chi connectivity index (χ2n) is 19.4. The summed E-state index contributed by atoms with van der Waals surface area (Å²) in [4.78, 5) is 0. The fourth-order valence-corrected chi connectivity index (χ4v) is 10.6. The Hall–Kier alpha value is -9.43. The van der Waals surface area contributed by atoms with Gasteiger partial charge in [0.1, 0.15) is 0 Å². The van der Waals surface area contributed by atoms with E-state index in [1.807, 2.05) is 12.1 Å². The molecule has 0 radical (unpaired) electrons. The van der Waals surface area contributed by atoms with E-state index in [1.54, 1.807) is 0 Å². The summed E-state index contributed by atoms with van der Waals surface area (Å²) in [5.41, 5.74) is 16.7. The van der Waals surface area contributed by atoms with Crippen LogP contribution in [0.1, 0.15) is 38.9 Å². The van der Waals surface area contributed by atoms with E-state index in [-0.39, 0.29) is 11.1 Å². The van der Waals surface area contributed by atoms with Crippen molar-refractivity contribution in [3.8, 4) is 79.1 Å². The smallest absolute Gasteiger partial charge is 0.308 e. The van der Waals surface area contributed by atoms with Crippen molar-refractivity contribution in [3.63, 3.8) is 0 Å². The molecule has 0 saturated heterocycles. The Labute approximate surface area is 426 Å². The molecule has 354 valence electrons. The maximum atomic E-state index is 14.7. The average Bonchev–Trinajstić information content (AvgIpc) is 3.93. The summed E-state index contributed by atoms with van der Waals surface area (Å²) in [6.45, 7) is 8.22. The number of hydrogen-bond donors (Lipinski definition) is 0. The molecule has 12 aromatic rings. The van der Waals surface area contributed by atoms with Crippen molar-refractivity contribution in [3.05, 3.63) is 239 Å². The van der Waals surface area contributed by atoms with Crippen LogP contribution in [0, 0.1) is 50.4 Å². The number of aryl methyl sites for hydroxylation is 4. The van der Waals surface area contributed by atoms with Crippen molar-refractivity contribution >= 4 is 43.6 Å². The molecule has 0 aliphatic carbocycles. The molecule has 0 N–H and O–H groups in total. The first-order valence-electron chi connectivity index (χ1n) is 24.5. The highest BCUT2D eigenvalue weighted by Gasteiger charge is 2.33. The molecule has 10 aromatic carbocycles. The van der Waals surface area contributed by atoms with Crippen LogP contribution in [0.15, 0.2) is 200 Å². The minimum absolute atomic E-state index is 0.157. The standard InChI is InChI=1S/C67H45F3N4/c1-40-5-13-45(14-6-40)49-21-26-56-57-27-22-50(46-15-7-41(2)8-16-46)35-61(57)73(60(56)34-49)64-31-44(38-71)32-65(66(64)55-30-25-54(67(68,69)70)33-53(55)39-72)74-62-36-51(47-17-9-42(3)10-18-47)23-28-58(62)59-29-24-52(37-63(59)74)48-19-11-43(4)12-20-48/h5-37H,1-4H3. The van der Waals surface area contributed by atoms with Gasteiger partial charge in [-0.1, -0.05) is 174 Å². The lowest BCUT2D eigenvalue weighted by molar-refractivity contribution is -0.137. The molecule has 0 spiro atoms. The number of benzene rings is 10. The highest BCUT2D eigenvalue weighted by molar-refractivity contribution is 6.14. The Bertz CT molecular complexity index is 3870. The highest BCUT2D eigenvalue weighted by atomic mass is 19.4. The predicted molar refractivity (Wildman–Crippen MR) is 296 cm³/mol. The molecule has 0 unspecified atom stereocenters. The molecule has 0 atom stereocenters. The minimum atomic E-state index is -4.71. The molecule has 0 aliphatic rings. The Morgan fingerprint density at radius 1 is 0.351 bits per heavy atom. The second kappa shape index (κ2) is 17.7. The van der Waals surface area contributed by atoms with Crippen molar-refractivity contribution < 1.29 is 13.2 Å². The van der Waals surface area contributed by atoms with E-state index in [9.17, 15) is 23.7 Å². The van der Waals surface area contributed by atoms with Gasteiger partial charge in [-0.2, -0.15) is 23.7 Å². The van der Waals surface area contributed by atoms with Gasteiger partial charge in [0.05, 0.1) is 62.3 Å². The molecule has 0 bridgehead atoms. The van der Waals surface area contributed by atoms with Gasteiger partial charge < -0.3 is 9.13 Å². The third-order valence-corrected chi connectivity index (χ3v) is 14.5. The van der Waals surface area contributed by atoms with Crippen LogP contribution in [-0.4, -0.2) is 9.13 Å². The van der Waals surface area contributed by atoms with E-state index in [0.29, 0.717) is 22.5 Å². The quantitative estimate of drug-likeness (QED) is 0.160. The first-order chi connectivity index (χ1) is 35.8. The number of fused-ring (bicyclic) bond motifs is 6. The van der Waals surface area contributed by atoms with Gasteiger partial charge in [-0.15, -0.1) is 0 Å². The van der Waals surface area contributed by atoms with Crippen molar-refractivity contribution in [1.82, 2.24) is 9.13 Å². The van der Waals surface area contributed by atoms with Gasteiger partial charge >= 0.3 is 6.18 Å². The predicted octanol–water partition coefficient (Wildman–Crippen LogP) is 18.2. The molecular formula is C67H45F3N4. The summed E-state index contributed by atoms with van der Waals surface area (Å²) < 4.78 is 48.3.